The number of primary amides is 1. The van der Waals surface area contributed by atoms with Crippen LogP contribution in [0.5, 0.6) is 0 Å². The van der Waals surface area contributed by atoms with Crippen LogP contribution in [0, 0.1) is 6.92 Å². The second-order valence-corrected chi connectivity index (χ2v) is 9.98. The van der Waals surface area contributed by atoms with Crippen LogP contribution in [0.15, 0.2) is 6.07 Å². The molecule has 0 aliphatic carbocycles. The lowest BCUT2D eigenvalue weighted by Crippen LogP contribution is -2.25. The predicted molar refractivity (Wildman–Crippen MR) is 96.2 cm³/mol. The molecule has 0 spiro atoms. The van der Waals surface area contributed by atoms with Crippen molar-refractivity contribution in [3.05, 3.63) is 17.6 Å². The van der Waals surface area contributed by atoms with Gasteiger partial charge < -0.3 is 5.73 Å². The van der Waals surface area contributed by atoms with Crippen molar-refractivity contribution in [2.75, 3.05) is 11.5 Å². The highest BCUT2D eigenvalue weighted by atomic mass is 32.2. The zero-order valence-electron chi connectivity index (χ0n) is 15.4. The molecule has 142 valence electrons. The molecule has 1 saturated heterocycles. The zero-order chi connectivity index (χ0) is 19.3. The van der Waals surface area contributed by atoms with Gasteiger partial charge in [-0.25, -0.2) is 18.1 Å². The number of hydrogen-bond donors (Lipinski definition) is 1. The van der Waals surface area contributed by atoms with Crippen LogP contribution in [-0.4, -0.2) is 50.4 Å². The molecule has 2 aromatic rings. The molecule has 26 heavy (non-hydrogen) atoms. The lowest BCUT2D eigenvalue weighted by atomic mass is 10.1. The predicted octanol–water partition coefficient (Wildman–Crippen LogP) is 0.592. The molecular formula is C16H24N6O3S. The Labute approximate surface area is 152 Å². The molecule has 0 bridgehead atoms. The van der Waals surface area contributed by atoms with E-state index in [4.69, 9.17) is 5.73 Å². The minimum Gasteiger partial charge on any atom is -0.369 e. The van der Waals surface area contributed by atoms with Gasteiger partial charge in [0.15, 0.2) is 21.5 Å². The van der Waals surface area contributed by atoms with Crippen molar-refractivity contribution in [1.29, 1.82) is 0 Å². The first kappa shape index (κ1) is 18.6. The molecule has 1 aliphatic heterocycles. The highest BCUT2D eigenvalue weighted by Gasteiger charge is 2.33. The summed E-state index contributed by atoms with van der Waals surface area (Å²) in [6.07, 6.45) is 0.374. The Morgan fingerprint density at radius 1 is 1.35 bits per heavy atom. The fourth-order valence-corrected chi connectivity index (χ4v) is 4.86. The standard InChI is InChI=1S/C16H24N6O3S/c1-10-7-12(22(19-10)16(2,3)4)15-18-14(8-13(17)23)20-21(15)11-5-6-26(24,25)9-11/h7,11H,5-6,8-9H2,1-4H3,(H2,17,23). The molecule has 1 fully saturated rings. The van der Waals surface area contributed by atoms with E-state index in [0.29, 0.717) is 12.2 Å². The van der Waals surface area contributed by atoms with Gasteiger partial charge in [0.25, 0.3) is 0 Å². The summed E-state index contributed by atoms with van der Waals surface area (Å²) in [5.41, 5.74) is 6.54. The van der Waals surface area contributed by atoms with Crippen molar-refractivity contribution in [3.8, 4) is 11.5 Å². The summed E-state index contributed by atoms with van der Waals surface area (Å²) in [5, 5.41) is 8.96. The zero-order valence-corrected chi connectivity index (χ0v) is 16.2. The summed E-state index contributed by atoms with van der Waals surface area (Å²) in [6.45, 7) is 7.95. The molecule has 1 amide bonds. The van der Waals surface area contributed by atoms with Crippen LogP contribution < -0.4 is 5.73 Å². The number of amides is 1. The molecule has 1 aliphatic rings. The van der Waals surface area contributed by atoms with Crippen LogP contribution in [-0.2, 0) is 26.6 Å². The fraction of sp³-hybridized carbons (Fsp3) is 0.625. The summed E-state index contributed by atoms with van der Waals surface area (Å²) < 4.78 is 27.3. The molecule has 0 aromatic carbocycles. The fourth-order valence-electron chi connectivity index (χ4n) is 3.17. The summed E-state index contributed by atoms with van der Waals surface area (Å²) in [6, 6.07) is 1.58. The van der Waals surface area contributed by atoms with Gasteiger partial charge in [-0.15, -0.1) is 0 Å². The molecule has 1 unspecified atom stereocenters. The molecule has 2 N–H and O–H groups in total. The molecule has 3 heterocycles. The first-order valence-electron chi connectivity index (χ1n) is 8.48. The number of hydrogen-bond acceptors (Lipinski definition) is 6. The van der Waals surface area contributed by atoms with E-state index in [1.807, 2.05) is 38.4 Å². The van der Waals surface area contributed by atoms with Gasteiger partial charge in [-0.3, -0.25) is 9.48 Å². The molecular weight excluding hydrogens is 356 g/mol. The van der Waals surface area contributed by atoms with Gasteiger partial charge in [0, 0.05) is 0 Å². The van der Waals surface area contributed by atoms with Gasteiger partial charge in [-0.05, 0) is 40.2 Å². The molecule has 2 aromatic heterocycles. The molecule has 9 nitrogen and oxygen atoms in total. The summed E-state index contributed by atoms with van der Waals surface area (Å²) in [7, 11) is -3.09. The Balaban J connectivity index is 2.15. The molecule has 3 rings (SSSR count). The van der Waals surface area contributed by atoms with Crippen molar-refractivity contribution in [3.63, 3.8) is 0 Å². The van der Waals surface area contributed by atoms with Crippen LogP contribution in [0.3, 0.4) is 0 Å². The van der Waals surface area contributed by atoms with Gasteiger partial charge >= 0.3 is 0 Å². The molecule has 0 radical (unpaired) electrons. The molecule has 10 heteroatoms. The maximum absolute atomic E-state index is 11.9. The highest BCUT2D eigenvalue weighted by Crippen LogP contribution is 2.31. The quantitative estimate of drug-likeness (QED) is 0.827. The van der Waals surface area contributed by atoms with Gasteiger partial charge in [0.2, 0.25) is 5.91 Å². The average Bonchev–Trinajstić information content (AvgIpc) is 3.14. The summed E-state index contributed by atoms with van der Waals surface area (Å²) in [4.78, 5) is 15.8. The van der Waals surface area contributed by atoms with Crippen LogP contribution in [0.2, 0.25) is 0 Å². The lowest BCUT2D eigenvalue weighted by Gasteiger charge is -2.22. The average molecular weight is 380 g/mol. The van der Waals surface area contributed by atoms with Crippen molar-refractivity contribution < 1.29 is 13.2 Å². The van der Waals surface area contributed by atoms with Crippen molar-refractivity contribution in [2.45, 2.75) is 52.1 Å². The number of nitrogens with zero attached hydrogens (tertiary/aromatic N) is 5. The third-order valence-electron chi connectivity index (χ3n) is 4.26. The number of aryl methyl sites for hydroxylation is 1. The van der Waals surface area contributed by atoms with Crippen molar-refractivity contribution in [1.82, 2.24) is 24.5 Å². The number of nitrogens with two attached hydrogens (primary N) is 1. The second kappa shape index (κ2) is 6.19. The van der Waals surface area contributed by atoms with E-state index in [2.05, 4.69) is 15.2 Å². The first-order chi connectivity index (χ1) is 12.0. The van der Waals surface area contributed by atoms with Gasteiger partial charge in [0.05, 0.1) is 35.2 Å². The Hall–Kier alpha value is -2.23. The van der Waals surface area contributed by atoms with Gasteiger partial charge in [0.1, 0.15) is 5.69 Å². The summed E-state index contributed by atoms with van der Waals surface area (Å²) in [5.74, 6) is 0.407. The Bertz CT molecular complexity index is 951. The van der Waals surface area contributed by atoms with E-state index in [0.717, 1.165) is 11.4 Å². The number of carbonyl (C=O) groups is 1. The number of carbonyl (C=O) groups excluding carboxylic acids is 1. The minimum atomic E-state index is -3.09. The Morgan fingerprint density at radius 2 is 2.04 bits per heavy atom. The van der Waals surface area contributed by atoms with E-state index in [1.165, 1.54) is 0 Å². The highest BCUT2D eigenvalue weighted by molar-refractivity contribution is 7.91. The first-order valence-corrected chi connectivity index (χ1v) is 10.3. The Morgan fingerprint density at radius 3 is 2.58 bits per heavy atom. The van der Waals surface area contributed by atoms with E-state index < -0.39 is 15.7 Å². The van der Waals surface area contributed by atoms with Crippen LogP contribution in [0.25, 0.3) is 11.5 Å². The van der Waals surface area contributed by atoms with E-state index >= 15 is 0 Å². The number of aromatic nitrogens is 5. The SMILES string of the molecule is Cc1cc(-c2nc(CC(N)=O)nn2C2CCS(=O)(=O)C2)n(C(C)(C)C)n1. The van der Waals surface area contributed by atoms with E-state index in [1.54, 1.807) is 4.68 Å². The van der Waals surface area contributed by atoms with Crippen molar-refractivity contribution >= 4 is 15.7 Å². The normalized spacial score (nSPS) is 19.8. The number of sulfone groups is 1. The maximum Gasteiger partial charge on any atom is 0.225 e. The second-order valence-electron chi connectivity index (χ2n) is 7.75. The summed E-state index contributed by atoms with van der Waals surface area (Å²) >= 11 is 0. The van der Waals surface area contributed by atoms with Crippen LogP contribution in [0.4, 0.5) is 0 Å². The third kappa shape index (κ3) is 3.64. The van der Waals surface area contributed by atoms with Gasteiger partial charge in [-0.1, -0.05) is 0 Å². The lowest BCUT2D eigenvalue weighted by molar-refractivity contribution is -0.117. The number of rotatable bonds is 4. The third-order valence-corrected chi connectivity index (χ3v) is 6.01. The van der Waals surface area contributed by atoms with Crippen LogP contribution >= 0.6 is 0 Å². The van der Waals surface area contributed by atoms with Gasteiger partial charge in [-0.2, -0.15) is 10.2 Å². The smallest absolute Gasteiger partial charge is 0.225 e. The van der Waals surface area contributed by atoms with Crippen LogP contribution in [0.1, 0.15) is 44.8 Å². The molecule has 1 atom stereocenters. The monoisotopic (exact) mass is 380 g/mol. The van der Waals surface area contributed by atoms with Crippen molar-refractivity contribution in [2.24, 2.45) is 5.73 Å². The maximum atomic E-state index is 11.9. The van der Waals surface area contributed by atoms with E-state index in [-0.39, 0.29) is 35.3 Å². The largest absolute Gasteiger partial charge is 0.369 e. The topological polar surface area (TPSA) is 126 Å². The van der Waals surface area contributed by atoms with E-state index in [9.17, 15) is 13.2 Å². The Kier molecular flexibility index (Phi) is 4.41. The minimum absolute atomic E-state index is 0.0159. The molecule has 0 saturated carbocycles.